The third-order valence-electron chi connectivity index (χ3n) is 3.02. The molecular formula is C13H13BrFN3O4S. The highest BCUT2D eigenvalue weighted by atomic mass is 79.9. The van der Waals surface area contributed by atoms with E-state index in [4.69, 9.17) is 9.88 Å². The Balaban J connectivity index is 2.16. The summed E-state index contributed by atoms with van der Waals surface area (Å²) in [7, 11) is -4.30. The van der Waals surface area contributed by atoms with Gasteiger partial charge in [-0.1, -0.05) is 15.9 Å². The summed E-state index contributed by atoms with van der Waals surface area (Å²) in [6, 6.07) is 2.12. The van der Waals surface area contributed by atoms with E-state index < -0.39 is 32.3 Å². The van der Waals surface area contributed by atoms with Crippen LogP contribution in [0.4, 0.5) is 4.39 Å². The quantitative estimate of drug-likeness (QED) is 0.760. The van der Waals surface area contributed by atoms with Crippen molar-refractivity contribution in [1.29, 1.82) is 0 Å². The van der Waals surface area contributed by atoms with Crippen molar-refractivity contribution in [3.05, 3.63) is 46.2 Å². The number of benzene rings is 1. The van der Waals surface area contributed by atoms with Crippen molar-refractivity contribution in [3.63, 3.8) is 0 Å². The summed E-state index contributed by atoms with van der Waals surface area (Å²) in [5.74, 6) is -1.47. The van der Waals surface area contributed by atoms with Crippen LogP contribution < -0.4 is 5.14 Å². The highest BCUT2D eigenvalue weighted by Gasteiger charge is 2.23. The summed E-state index contributed by atoms with van der Waals surface area (Å²) in [5, 5.41) is 4.93. The van der Waals surface area contributed by atoms with Crippen LogP contribution in [0.15, 0.2) is 33.9 Å². The van der Waals surface area contributed by atoms with Gasteiger partial charge in [-0.25, -0.2) is 27.7 Å². The number of halogens is 2. The molecule has 0 amide bonds. The van der Waals surface area contributed by atoms with E-state index >= 15 is 0 Å². The Hall–Kier alpha value is -1.78. The highest BCUT2D eigenvalue weighted by molar-refractivity contribution is 9.10. The number of ether oxygens (including phenoxy) is 1. The fourth-order valence-corrected chi connectivity index (χ4v) is 3.13. The molecule has 0 aliphatic heterocycles. The van der Waals surface area contributed by atoms with E-state index in [1.165, 1.54) is 0 Å². The number of sulfonamides is 1. The molecule has 1 aromatic heterocycles. The van der Waals surface area contributed by atoms with Crippen molar-refractivity contribution in [2.75, 3.05) is 6.61 Å². The molecule has 0 unspecified atom stereocenters. The van der Waals surface area contributed by atoms with Crippen molar-refractivity contribution in [2.45, 2.75) is 18.4 Å². The van der Waals surface area contributed by atoms with Gasteiger partial charge in [-0.2, -0.15) is 0 Å². The van der Waals surface area contributed by atoms with Crippen LogP contribution in [0, 0.1) is 12.7 Å². The lowest BCUT2D eigenvalue weighted by Crippen LogP contribution is -2.18. The van der Waals surface area contributed by atoms with Crippen LogP contribution in [0.25, 0.3) is 0 Å². The first-order valence-electron chi connectivity index (χ1n) is 6.37. The average molecular weight is 406 g/mol. The first kappa shape index (κ1) is 17.6. The van der Waals surface area contributed by atoms with E-state index in [0.717, 1.165) is 18.0 Å². The minimum atomic E-state index is -4.30. The van der Waals surface area contributed by atoms with Crippen molar-refractivity contribution in [3.8, 4) is 0 Å². The Morgan fingerprint density at radius 3 is 2.74 bits per heavy atom. The number of rotatable bonds is 5. The molecule has 0 saturated carbocycles. The zero-order chi connectivity index (χ0) is 17.2. The number of hydrogen-bond acceptors (Lipinski definition) is 5. The molecule has 0 aliphatic carbocycles. The first-order valence-corrected chi connectivity index (χ1v) is 8.71. The Kier molecular flexibility index (Phi) is 5.17. The number of nitrogens with zero attached hydrogens (tertiary/aromatic N) is 2. The molecule has 2 rings (SSSR count). The topological polar surface area (TPSA) is 104 Å². The van der Waals surface area contributed by atoms with E-state index in [9.17, 15) is 17.6 Å². The van der Waals surface area contributed by atoms with E-state index in [2.05, 4.69) is 20.9 Å². The van der Waals surface area contributed by atoms with Gasteiger partial charge < -0.3 is 9.30 Å². The van der Waals surface area contributed by atoms with Gasteiger partial charge in [-0.15, -0.1) is 0 Å². The van der Waals surface area contributed by atoms with Crippen LogP contribution in [-0.4, -0.2) is 30.5 Å². The van der Waals surface area contributed by atoms with Gasteiger partial charge in [-0.05, 0) is 19.1 Å². The molecule has 23 heavy (non-hydrogen) atoms. The fraction of sp³-hybridized carbons (Fsp3) is 0.231. The van der Waals surface area contributed by atoms with Crippen molar-refractivity contribution in [2.24, 2.45) is 5.14 Å². The van der Waals surface area contributed by atoms with Gasteiger partial charge in [0.15, 0.2) is 5.82 Å². The second-order valence-electron chi connectivity index (χ2n) is 4.61. The summed E-state index contributed by atoms with van der Waals surface area (Å²) >= 11 is 3.01. The number of primary sulfonamides is 1. The molecule has 0 aliphatic rings. The van der Waals surface area contributed by atoms with Gasteiger partial charge in [0.1, 0.15) is 17.3 Å². The zero-order valence-corrected chi connectivity index (χ0v) is 14.4. The van der Waals surface area contributed by atoms with Crippen molar-refractivity contribution < 1.29 is 22.3 Å². The molecule has 124 valence electrons. The number of carbonyl (C=O) groups is 1. The third kappa shape index (κ3) is 4.15. The predicted molar refractivity (Wildman–Crippen MR) is 82.7 cm³/mol. The standard InChI is InChI=1S/C13H13BrFN3O4S/c1-8-17-2-3-18(8)4-5-22-13(19)10-6-9(14)7-11(12(10)15)23(16,20)21/h2-3,6-7H,4-5H2,1H3,(H2,16,20,21). The van der Waals surface area contributed by atoms with Gasteiger partial charge >= 0.3 is 5.97 Å². The Bertz CT molecular complexity index is 851. The lowest BCUT2D eigenvalue weighted by atomic mass is 10.2. The summed E-state index contributed by atoms with van der Waals surface area (Å²) in [6.07, 6.45) is 3.31. The normalized spacial score (nSPS) is 11.5. The molecular weight excluding hydrogens is 393 g/mol. The van der Waals surface area contributed by atoms with Gasteiger partial charge in [0, 0.05) is 16.9 Å². The number of hydrogen-bond donors (Lipinski definition) is 1. The predicted octanol–water partition coefficient (Wildman–Crippen LogP) is 1.60. The largest absolute Gasteiger partial charge is 0.460 e. The molecule has 0 atom stereocenters. The Labute approximate surface area is 140 Å². The van der Waals surface area contributed by atoms with E-state index in [-0.39, 0.29) is 11.1 Å². The molecule has 0 bridgehead atoms. The van der Waals surface area contributed by atoms with E-state index in [1.807, 2.05) is 0 Å². The minimum absolute atomic E-state index is 0.0211. The first-order chi connectivity index (χ1) is 10.7. The zero-order valence-electron chi connectivity index (χ0n) is 12.0. The number of esters is 1. The van der Waals surface area contributed by atoms with Crippen LogP contribution in [0.2, 0.25) is 0 Å². The van der Waals surface area contributed by atoms with Gasteiger partial charge in [0.25, 0.3) is 0 Å². The molecule has 0 saturated heterocycles. The van der Waals surface area contributed by atoms with Crippen LogP contribution in [0.1, 0.15) is 16.2 Å². The van der Waals surface area contributed by atoms with Gasteiger partial charge in [-0.3, -0.25) is 0 Å². The van der Waals surface area contributed by atoms with Crippen LogP contribution in [-0.2, 0) is 21.3 Å². The monoisotopic (exact) mass is 405 g/mol. The fourth-order valence-electron chi connectivity index (χ4n) is 1.87. The van der Waals surface area contributed by atoms with E-state index in [0.29, 0.717) is 6.54 Å². The summed E-state index contributed by atoms with van der Waals surface area (Å²) in [6.45, 7) is 2.11. The number of aryl methyl sites for hydroxylation is 1. The summed E-state index contributed by atoms with van der Waals surface area (Å²) < 4.78 is 43.8. The maximum absolute atomic E-state index is 14.2. The lowest BCUT2D eigenvalue weighted by molar-refractivity contribution is 0.0484. The van der Waals surface area contributed by atoms with Crippen LogP contribution >= 0.6 is 15.9 Å². The average Bonchev–Trinajstić information content (AvgIpc) is 2.85. The maximum Gasteiger partial charge on any atom is 0.341 e. The second kappa shape index (κ2) is 6.77. The van der Waals surface area contributed by atoms with Gasteiger partial charge in [0.2, 0.25) is 10.0 Å². The molecule has 0 radical (unpaired) electrons. The number of nitrogens with two attached hydrogens (primary N) is 1. The van der Waals surface area contributed by atoms with Crippen molar-refractivity contribution in [1.82, 2.24) is 9.55 Å². The SMILES string of the molecule is Cc1nccn1CCOC(=O)c1cc(Br)cc(S(N)(=O)=O)c1F. The third-order valence-corrected chi connectivity index (χ3v) is 4.39. The Morgan fingerprint density at radius 2 is 2.17 bits per heavy atom. The molecule has 10 heteroatoms. The molecule has 1 heterocycles. The molecule has 7 nitrogen and oxygen atoms in total. The van der Waals surface area contributed by atoms with Crippen molar-refractivity contribution >= 4 is 31.9 Å². The number of imidazole rings is 1. The molecule has 0 spiro atoms. The second-order valence-corrected chi connectivity index (χ2v) is 7.06. The molecule has 2 N–H and O–H groups in total. The lowest BCUT2D eigenvalue weighted by Gasteiger charge is -2.09. The van der Waals surface area contributed by atoms with Gasteiger partial charge in [0.05, 0.1) is 12.1 Å². The molecule has 1 aromatic carbocycles. The van der Waals surface area contributed by atoms with E-state index in [1.54, 1.807) is 23.9 Å². The molecule has 2 aromatic rings. The number of aromatic nitrogens is 2. The number of carbonyl (C=O) groups excluding carboxylic acids is 1. The maximum atomic E-state index is 14.2. The summed E-state index contributed by atoms with van der Waals surface area (Å²) in [4.78, 5) is 15.2. The van der Waals surface area contributed by atoms with Crippen LogP contribution in [0.5, 0.6) is 0 Å². The van der Waals surface area contributed by atoms with Crippen LogP contribution in [0.3, 0.4) is 0 Å². The summed E-state index contributed by atoms with van der Waals surface area (Å²) in [5.41, 5.74) is -0.509. The minimum Gasteiger partial charge on any atom is -0.460 e. The smallest absolute Gasteiger partial charge is 0.341 e. The molecule has 0 fully saturated rings. The Morgan fingerprint density at radius 1 is 1.48 bits per heavy atom. The highest BCUT2D eigenvalue weighted by Crippen LogP contribution is 2.24.